The molecule has 0 atom stereocenters. The highest BCUT2D eigenvalue weighted by molar-refractivity contribution is 6.06. The van der Waals surface area contributed by atoms with E-state index in [-0.39, 0.29) is 17.4 Å². The van der Waals surface area contributed by atoms with E-state index >= 15 is 0 Å². The van der Waals surface area contributed by atoms with Crippen molar-refractivity contribution < 1.29 is 14.3 Å². The summed E-state index contributed by atoms with van der Waals surface area (Å²) < 4.78 is 6.95. The average Bonchev–Trinajstić information content (AvgIpc) is 3.11. The molecule has 29 heavy (non-hydrogen) atoms. The average molecular weight is 394 g/mol. The summed E-state index contributed by atoms with van der Waals surface area (Å²) in [6.45, 7) is 4.63. The molecular formula is C22H26N4O3. The first-order chi connectivity index (χ1) is 14.0. The lowest BCUT2D eigenvalue weighted by Gasteiger charge is -2.10. The van der Waals surface area contributed by atoms with Crippen molar-refractivity contribution in [2.45, 2.75) is 33.1 Å². The Morgan fingerprint density at radius 2 is 1.97 bits per heavy atom. The zero-order valence-corrected chi connectivity index (χ0v) is 17.0. The lowest BCUT2D eigenvalue weighted by atomic mass is 10.2. The fourth-order valence-corrected chi connectivity index (χ4v) is 3.12. The van der Waals surface area contributed by atoms with E-state index in [0.717, 1.165) is 24.8 Å². The number of ether oxygens (including phenoxy) is 1. The van der Waals surface area contributed by atoms with Crippen LogP contribution in [-0.4, -0.2) is 34.9 Å². The minimum Gasteiger partial charge on any atom is -0.495 e. The van der Waals surface area contributed by atoms with Crippen LogP contribution in [0, 0.1) is 6.92 Å². The number of nitrogens with one attached hydrogen (secondary N) is 2. The van der Waals surface area contributed by atoms with Crippen LogP contribution < -0.4 is 15.4 Å². The summed E-state index contributed by atoms with van der Waals surface area (Å²) in [5.41, 5.74) is 2.36. The van der Waals surface area contributed by atoms with Crippen LogP contribution in [0.5, 0.6) is 5.75 Å². The van der Waals surface area contributed by atoms with Gasteiger partial charge >= 0.3 is 0 Å². The molecule has 0 bridgehead atoms. The molecule has 0 saturated carbocycles. The van der Waals surface area contributed by atoms with Crippen molar-refractivity contribution in [1.29, 1.82) is 0 Å². The SMILES string of the molecule is CCCCCNC(=O)c1nc(C(=O)Nc2cc(C)ccc2OC)n2ccccc12. The maximum absolute atomic E-state index is 13.0. The van der Waals surface area contributed by atoms with Crippen LogP contribution >= 0.6 is 0 Å². The lowest BCUT2D eigenvalue weighted by molar-refractivity contribution is 0.0950. The van der Waals surface area contributed by atoms with E-state index in [1.54, 1.807) is 35.9 Å². The van der Waals surface area contributed by atoms with Crippen LogP contribution in [0.25, 0.3) is 5.52 Å². The second kappa shape index (κ2) is 9.23. The molecule has 1 aromatic carbocycles. The molecule has 0 radical (unpaired) electrons. The first-order valence-electron chi connectivity index (χ1n) is 9.76. The fourth-order valence-electron chi connectivity index (χ4n) is 3.12. The highest BCUT2D eigenvalue weighted by Crippen LogP contribution is 2.26. The second-order valence-electron chi connectivity index (χ2n) is 6.86. The van der Waals surface area contributed by atoms with Gasteiger partial charge in [0.1, 0.15) is 5.75 Å². The van der Waals surface area contributed by atoms with Crippen LogP contribution in [0.4, 0.5) is 5.69 Å². The van der Waals surface area contributed by atoms with Gasteiger partial charge in [0.05, 0.1) is 18.3 Å². The van der Waals surface area contributed by atoms with Crippen molar-refractivity contribution >= 4 is 23.0 Å². The standard InChI is InChI=1S/C22H26N4O3/c1-4-5-7-12-23-21(27)19-17-9-6-8-13-26(17)20(25-19)22(28)24-16-14-15(2)10-11-18(16)29-3/h6,8-11,13-14H,4-5,7,12H2,1-3H3,(H,23,27)(H,24,28). The van der Waals surface area contributed by atoms with Crippen molar-refractivity contribution in [3.05, 3.63) is 59.7 Å². The summed E-state index contributed by atoms with van der Waals surface area (Å²) in [6.07, 6.45) is 4.76. The van der Waals surface area contributed by atoms with E-state index in [1.165, 1.54) is 0 Å². The number of amides is 2. The van der Waals surface area contributed by atoms with Gasteiger partial charge in [0.25, 0.3) is 11.8 Å². The Kier molecular flexibility index (Phi) is 6.49. The predicted octanol–water partition coefficient (Wildman–Crippen LogP) is 3.82. The van der Waals surface area contributed by atoms with Crippen molar-refractivity contribution in [1.82, 2.24) is 14.7 Å². The van der Waals surface area contributed by atoms with Gasteiger partial charge in [0.15, 0.2) is 5.69 Å². The van der Waals surface area contributed by atoms with Crippen molar-refractivity contribution in [2.24, 2.45) is 0 Å². The molecule has 0 aliphatic rings. The molecule has 2 amide bonds. The van der Waals surface area contributed by atoms with Crippen LogP contribution in [0.15, 0.2) is 42.6 Å². The first-order valence-corrected chi connectivity index (χ1v) is 9.76. The Hall–Kier alpha value is -3.35. The number of aromatic nitrogens is 2. The maximum atomic E-state index is 13.0. The van der Waals surface area contributed by atoms with Gasteiger partial charge in [-0.1, -0.05) is 31.9 Å². The third-order valence-electron chi connectivity index (χ3n) is 4.64. The monoisotopic (exact) mass is 394 g/mol. The summed E-state index contributed by atoms with van der Waals surface area (Å²) in [6, 6.07) is 10.9. The van der Waals surface area contributed by atoms with Gasteiger partial charge in [0.2, 0.25) is 5.82 Å². The number of benzene rings is 1. The summed E-state index contributed by atoms with van der Waals surface area (Å²) in [5, 5.41) is 5.73. The van der Waals surface area contributed by atoms with E-state index in [0.29, 0.717) is 23.5 Å². The predicted molar refractivity (Wildman–Crippen MR) is 113 cm³/mol. The number of methoxy groups -OCH3 is 1. The van der Waals surface area contributed by atoms with E-state index in [9.17, 15) is 9.59 Å². The number of carbonyl (C=O) groups excluding carboxylic acids is 2. The van der Waals surface area contributed by atoms with Crippen LogP contribution in [0.2, 0.25) is 0 Å². The molecule has 7 nitrogen and oxygen atoms in total. The van der Waals surface area contributed by atoms with Gasteiger partial charge in [-0.3, -0.25) is 14.0 Å². The van der Waals surface area contributed by atoms with Crippen molar-refractivity contribution in [3.63, 3.8) is 0 Å². The zero-order chi connectivity index (χ0) is 20.8. The Labute approximate surface area is 170 Å². The normalized spacial score (nSPS) is 10.7. The molecule has 2 aromatic heterocycles. The summed E-state index contributed by atoms with van der Waals surface area (Å²) >= 11 is 0. The number of imidazole rings is 1. The van der Waals surface area contributed by atoms with Gasteiger partial charge in [0, 0.05) is 12.7 Å². The molecule has 0 aliphatic heterocycles. The molecule has 0 spiro atoms. The Balaban J connectivity index is 1.89. The van der Waals surface area contributed by atoms with Crippen LogP contribution in [0.1, 0.15) is 52.9 Å². The van der Waals surface area contributed by atoms with E-state index in [1.807, 2.05) is 25.1 Å². The Morgan fingerprint density at radius 1 is 1.14 bits per heavy atom. The first kappa shape index (κ1) is 20.4. The molecule has 0 unspecified atom stereocenters. The minimum absolute atomic E-state index is 0.142. The third-order valence-corrected chi connectivity index (χ3v) is 4.64. The fraction of sp³-hybridized carbons (Fsp3) is 0.318. The number of unbranched alkanes of at least 4 members (excludes halogenated alkanes) is 2. The van der Waals surface area contributed by atoms with Crippen molar-refractivity contribution in [3.8, 4) is 5.75 Å². The van der Waals surface area contributed by atoms with Gasteiger partial charge in [-0.25, -0.2) is 4.98 Å². The van der Waals surface area contributed by atoms with Gasteiger partial charge in [-0.05, 0) is 43.2 Å². The number of pyridine rings is 1. The maximum Gasteiger partial charge on any atom is 0.292 e. The molecule has 0 aliphatic carbocycles. The number of carbonyl (C=O) groups is 2. The molecule has 2 N–H and O–H groups in total. The Bertz CT molecular complexity index is 1030. The van der Waals surface area contributed by atoms with Crippen LogP contribution in [0.3, 0.4) is 0 Å². The largest absolute Gasteiger partial charge is 0.495 e. The number of rotatable bonds is 8. The number of aryl methyl sites for hydroxylation is 1. The minimum atomic E-state index is -0.417. The van der Waals surface area contributed by atoms with Gasteiger partial charge in [-0.2, -0.15) is 0 Å². The second-order valence-corrected chi connectivity index (χ2v) is 6.86. The lowest BCUT2D eigenvalue weighted by Crippen LogP contribution is -2.25. The number of fused-ring (bicyclic) bond motifs is 1. The highest BCUT2D eigenvalue weighted by atomic mass is 16.5. The summed E-state index contributed by atoms with van der Waals surface area (Å²) in [4.78, 5) is 29.9. The zero-order valence-electron chi connectivity index (χ0n) is 17.0. The van der Waals surface area contributed by atoms with Gasteiger partial charge < -0.3 is 15.4 Å². The third kappa shape index (κ3) is 4.56. The number of nitrogens with zero attached hydrogens (tertiary/aromatic N) is 2. The quantitative estimate of drug-likeness (QED) is 0.569. The van der Waals surface area contributed by atoms with Gasteiger partial charge in [-0.15, -0.1) is 0 Å². The smallest absolute Gasteiger partial charge is 0.292 e. The Morgan fingerprint density at radius 3 is 2.72 bits per heavy atom. The highest BCUT2D eigenvalue weighted by Gasteiger charge is 2.22. The summed E-state index contributed by atoms with van der Waals surface area (Å²) in [7, 11) is 1.55. The molecule has 152 valence electrons. The molecule has 0 saturated heterocycles. The number of hydrogen-bond acceptors (Lipinski definition) is 4. The topological polar surface area (TPSA) is 84.7 Å². The van der Waals surface area contributed by atoms with E-state index < -0.39 is 5.91 Å². The molecule has 3 aromatic rings. The number of hydrogen-bond donors (Lipinski definition) is 2. The molecule has 3 rings (SSSR count). The van der Waals surface area contributed by atoms with E-state index in [4.69, 9.17) is 4.74 Å². The summed E-state index contributed by atoms with van der Waals surface area (Å²) in [5.74, 6) is -0.00121. The molecular weight excluding hydrogens is 368 g/mol. The van der Waals surface area contributed by atoms with E-state index in [2.05, 4.69) is 22.5 Å². The van der Waals surface area contributed by atoms with Crippen molar-refractivity contribution in [2.75, 3.05) is 19.0 Å². The molecule has 2 heterocycles. The molecule has 7 heteroatoms. The number of anilines is 1. The van der Waals surface area contributed by atoms with Crippen LogP contribution in [-0.2, 0) is 0 Å². The molecule has 0 fully saturated rings.